The van der Waals surface area contributed by atoms with Gasteiger partial charge in [-0.15, -0.1) is 0 Å². The van der Waals surface area contributed by atoms with Crippen LogP contribution in [0.15, 0.2) is 66.7 Å². The van der Waals surface area contributed by atoms with Gasteiger partial charge in [0.05, 0.1) is 11.3 Å². The number of carbonyl (C=O) groups is 3. The van der Waals surface area contributed by atoms with Crippen molar-refractivity contribution in [1.82, 2.24) is 9.97 Å². The van der Waals surface area contributed by atoms with E-state index in [-0.39, 0.29) is 17.7 Å². The zero-order chi connectivity index (χ0) is 23.7. The number of nitrogens with two attached hydrogens (primary N) is 1. The number of amides is 2. The van der Waals surface area contributed by atoms with Crippen LogP contribution in [0.1, 0.15) is 19.5 Å². The topological polar surface area (TPSA) is 132 Å². The summed E-state index contributed by atoms with van der Waals surface area (Å²) < 4.78 is 0. The van der Waals surface area contributed by atoms with Crippen LogP contribution in [-0.4, -0.2) is 38.9 Å². The second-order valence-corrected chi connectivity index (χ2v) is 8.16. The Kier molecular flexibility index (Phi) is 5.85. The van der Waals surface area contributed by atoms with Crippen molar-refractivity contribution in [1.29, 1.82) is 0 Å². The number of anilines is 1. The maximum atomic E-state index is 12.9. The Morgan fingerprint density at radius 2 is 1.52 bits per heavy atom. The number of fused-ring (bicyclic) bond motifs is 2. The fraction of sp³-hybridized carbons (Fsp3) is 0.160. The van der Waals surface area contributed by atoms with Gasteiger partial charge in [0.15, 0.2) is 0 Å². The molecule has 0 bridgehead atoms. The number of aliphatic carboxylic acids is 1. The standard InChI is InChI=1S/C20H13N3O2.C5H11NO2/c24-19-11-14(17-9-12-5-1-3-7-15(12)21-17)20(25)23(19)18-10-13-6-2-4-8-16(13)22-18;1-3(2)4(6)5(7)8/h1-11,21-22H;3-4H,6H2,1-2H3,(H,7,8)/t;4-/m.0/s1. The molecule has 3 heterocycles. The predicted octanol–water partition coefficient (Wildman–Crippen LogP) is 3.66. The maximum absolute atomic E-state index is 12.9. The zero-order valence-corrected chi connectivity index (χ0v) is 18.2. The summed E-state index contributed by atoms with van der Waals surface area (Å²) in [7, 11) is 0. The number of aromatic nitrogens is 2. The van der Waals surface area contributed by atoms with Crippen molar-refractivity contribution < 1.29 is 19.5 Å². The van der Waals surface area contributed by atoms with E-state index in [0.29, 0.717) is 17.1 Å². The van der Waals surface area contributed by atoms with Crippen LogP contribution in [0.4, 0.5) is 5.82 Å². The summed E-state index contributed by atoms with van der Waals surface area (Å²) in [4.78, 5) is 42.9. The highest BCUT2D eigenvalue weighted by Crippen LogP contribution is 2.31. The normalized spacial score (nSPS) is 14.5. The molecule has 1 aliphatic rings. The van der Waals surface area contributed by atoms with Crippen LogP contribution < -0.4 is 10.6 Å². The molecule has 0 fully saturated rings. The number of hydrogen-bond acceptors (Lipinski definition) is 4. The minimum atomic E-state index is -0.931. The van der Waals surface area contributed by atoms with E-state index in [1.807, 2.05) is 60.7 Å². The molecule has 8 nitrogen and oxygen atoms in total. The second-order valence-electron chi connectivity index (χ2n) is 8.16. The van der Waals surface area contributed by atoms with Crippen LogP contribution in [0.2, 0.25) is 0 Å². The SMILES string of the molecule is CC(C)[C@H](N)C(=O)O.O=C1C=C(c2cc3ccccc3[nH]2)C(=O)N1c1cc2ccccc2[nH]1. The summed E-state index contributed by atoms with van der Waals surface area (Å²) in [6.45, 7) is 3.55. The van der Waals surface area contributed by atoms with Crippen molar-refractivity contribution in [3.05, 3.63) is 72.4 Å². The number of nitrogens with zero attached hydrogens (tertiary/aromatic N) is 1. The van der Waals surface area contributed by atoms with Crippen molar-refractivity contribution in [2.45, 2.75) is 19.9 Å². The van der Waals surface area contributed by atoms with Gasteiger partial charge < -0.3 is 20.8 Å². The fourth-order valence-electron chi connectivity index (χ4n) is 3.57. The number of aromatic amines is 2. The third kappa shape index (κ3) is 4.28. The molecule has 4 aromatic rings. The number of carboxylic acid groups (broad SMARTS) is 1. The van der Waals surface area contributed by atoms with Crippen LogP contribution in [0.25, 0.3) is 27.4 Å². The highest BCUT2D eigenvalue weighted by molar-refractivity contribution is 6.43. The van der Waals surface area contributed by atoms with Crippen LogP contribution in [0.5, 0.6) is 0 Å². The highest BCUT2D eigenvalue weighted by Gasteiger charge is 2.34. The molecule has 1 atom stereocenters. The minimum absolute atomic E-state index is 0.0208. The first-order chi connectivity index (χ1) is 15.8. The Hall–Kier alpha value is -4.17. The lowest BCUT2D eigenvalue weighted by Crippen LogP contribution is -2.34. The van der Waals surface area contributed by atoms with Gasteiger partial charge in [-0.1, -0.05) is 50.2 Å². The van der Waals surface area contributed by atoms with Crippen LogP contribution in [-0.2, 0) is 14.4 Å². The van der Waals surface area contributed by atoms with Gasteiger partial charge in [-0.3, -0.25) is 14.4 Å². The first-order valence-electron chi connectivity index (χ1n) is 10.5. The number of rotatable bonds is 4. The van der Waals surface area contributed by atoms with Crippen molar-refractivity contribution in [2.75, 3.05) is 4.90 Å². The molecule has 0 saturated heterocycles. The Balaban J connectivity index is 0.000000281. The molecule has 0 spiro atoms. The molecule has 0 radical (unpaired) electrons. The monoisotopic (exact) mass is 444 g/mol. The summed E-state index contributed by atoms with van der Waals surface area (Å²) in [6, 6.07) is 18.4. The smallest absolute Gasteiger partial charge is 0.320 e. The molecule has 0 unspecified atom stereocenters. The molecule has 1 aliphatic heterocycles. The maximum Gasteiger partial charge on any atom is 0.320 e. The first kappa shape index (κ1) is 22.0. The Morgan fingerprint density at radius 3 is 2.03 bits per heavy atom. The van der Waals surface area contributed by atoms with E-state index in [2.05, 4.69) is 9.97 Å². The van der Waals surface area contributed by atoms with Crippen molar-refractivity contribution in [3.63, 3.8) is 0 Å². The fourth-order valence-corrected chi connectivity index (χ4v) is 3.57. The highest BCUT2D eigenvalue weighted by atomic mass is 16.4. The largest absolute Gasteiger partial charge is 0.480 e. The lowest BCUT2D eigenvalue weighted by Gasteiger charge is -2.12. The van der Waals surface area contributed by atoms with Gasteiger partial charge in [0.25, 0.3) is 11.8 Å². The molecule has 5 rings (SSSR count). The van der Waals surface area contributed by atoms with E-state index >= 15 is 0 Å². The number of para-hydroxylation sites is 2. The van der Waals surface area contributed by atoms with Crippen molar-refractivity contribution in [3.8, 4) is 0 Å². The van der Waals surface area contributed by atoms with Gasteiger partial charge >= 0.3 is 5.97 Å². The van der Waals surface area contributed by atoms with Crippen molar-refractivity contribution in [2.24, 2.45) is 11.7 Å². The van der Waals surface area contributed by atoms with Gasteiger partial charge in [0.1, 0.15) is 11.9 Å². The Labute approximate surface area is 189 Å². The molecule has 5 N–H and O–H groups in total. The number of H-pyrrole nitrogens is 2. The number of carboxylic acids is 1. The average Bonchev–Trinajstić information content (AvgIpc) is 3.47. The van der Waals surface area contributed by atoms with Crippen LogP contribution in [0, 0.1) is 5.92 Å². The number of nitrogens with one attached hydrogen (secondary N) is 2. The van der Waals surface area contributed by atoms with E-state index in [1.165, 1.54) is 11.0 Å². The molecular weight excluding hydrogens is 420 g/mol. The number of benzene rings is 2. The average molecular weight is 444 g/mol. The molecule has 8 heteroatoms. The number of hydrogen-bond donors (Lipinski definition) is 4. The van der Waals surface area contributed by atoms with Gasteiger partial charge in [0.2, 0.25) is 0 Å². The molecular formula is C25H24N4O4. The van der Waals surface area contributed by atoms with Crippen molar-refractivity contribution >= 4 is 51.0 Å². The van der Waals surface area contributed by atoms with E-state index in [9.17, 15) is 14.4 Å². The number of carbonyl (C=O) groups excluding carboxylic acids is 2. The summed E-state index contributed by atoms with van der Waals surface area (Å²) in [6.07, 6.45) is 1.39. The quantitative estimate of drug-likeness (QED) is 0.357. The Morgan fingerprint density at radius 1 is 0.939 bits per heavy atom. The third-order valence-corrected chi connectivity index (χ3v) is 5.50. The summed E-state index contributed by atoms with van der Waals surface area (Å²) in [5.41, 5.74) is 8.00. The molecule has 2 amide bonds. The minimum Gasteiger partial charge on any atom is -0.480 e. The van der Waals surface area contributed by atoms with Gasteiger partial charge in [-0.2, -0.15) is 0 Å². The van der Waals surface area contributed by atoms with E-state index < -0.39 is 12.0 Å². The zero-order valence-electron chi connectivity index (χ0n) is 18.2. The molecule has 2 aromatic heterocycles. The van der Waals surface area contributed by atoms with Gasteiger partial charge in [-0.25, -0.2) is 4.90 Å². The molecule has 0 aliphatic carbocycles. The predicted molar refractivity (Wildman–Crippen MR) is 128 cm³/mol. The lowest BCUT2D eigenvalue weighted by atomic mass is 10.1. The first-order valence-corrected chi connectivity index (χ1v) is 10.5. The second kappa shape index (κ2) is 8.76. The van der Waals surface area contributed by atoms with E-state index in [0.717, 1.165) is 21.8 Å². The lowest BCUT2D eigenvalue weighted by molar-refractivity contribution is -0.139. The van der Waals surface area contributed by atoms with Gasteiger partial charge in [-0.05, 0) is 30.2 Å². The van der Waals surface area contributed by atoms with Gasteiger partial charge in [0, 0.05) is 27.9 Å². The van der Waals surface area contributed by atoms with Crippen LogP contribution in [0.3, 0.4) is 0 Å². The molecule has 2 aromatic carbocycles. The van der Waals surface area contributed by atoms with Crippen LogP contribution >= 0.6 is 0 Å². The molecule has 33 heavy (non-hydrogen) atoms. The summed E-state index contributed by atoms with van der Waals surface area (Å²) in [5.74, 6) is -1.10. The number of imide groups is 1. The third-order valence-electron chi connectivity index (χ3n) is 5.50. The molecule has 168 valence electrons. The summed E-state index contributed by atoms with van der Waals surface area (Å²) in [5, 5.41) is 10.2. The summed E-state index contributed by atoms with van der Waals surface area (Å²) >= 11 is 0. The molecule has 0 saturated carbocycles. The Bertz CT molecular complexity index is 1330. The van der Waals surface area contributed by atoms with E-state index in [1.54, 1.807) is 13.8 Å². The van der Waals surface area contributed by atoms with E-state index in [4.69, 9.17) is 10.8 Å².